The summed E-state index contributed by atoms with van der Waals surface area (Å²) >= 11 is 0. The minimum absolute atomic E-state index is 0.239. The highest BCUT2D eigenvalue weighted by atomic mass is 16.5. The van der Waals surface area contributed by atoms with Crippen LogP contribution in [-0.4, -0.2) is 48.9 Å². The summed E-state index contributed by atoms with van der Waals surface area (Å²) in [5.41, 5.74) is 0.477. The van der Waals surface area contributed by atoms with Crippen molar-refractivity contribution in [2.24, 2.45) is 0 Å². The number of carbonyl (C=O) groups excluding carboxylic acids is 3. The van der Waals surface area contributed by atoms with Crippen LogP contribution < -0.4 is 0 Å². The molecule has 1 atom stereocenters. The molecule has 0 bridgehead atoms. The van der Waals surface area contributed by atoms with Crippen LogP contribution in [0, 0.1) is 0 Å². The number of rotatable bonds is 6. The number of hydrogen-bond acceptors (Lipinski definition) is 7. The Morgan fingerprint density at radius 2 is 1.25 bits per heavy atom. The van der Waals surface area contributed by atoms with Crippen LogP contribution in [0.4, 0.5) is 0 Å². The van der Waals surface area contributed by atoms with Gasteiger partial charge in [-0.1, -0.05) is 12.1 Å². The second-order valence-corrected chi connectivity index (χ2v) is 4.41. The van der Waals surface area contributed by atoms with Gasteiger partial charge >= 0.3 is 17.9 Å². The van der Waals surface area contributed by atoms with Gasteiger partial charge in [-0.25, -0.2) is 14.4 Å². The summed E-state index contributed by atoms with van der Waals surface area (Å²) < 4.78 is 14.1. The Labute approximate surface area is 141 Å². The Kier molecular flexibility index (Phi) is 10.9. The second kappa shape index (κ2) is 12.1. The molecule has 134 valence electrons. The van der Waals surface area contributed by atoms with Crippen LogP contribution in [-0.2, 0) is 19.0 Å². The average molecular weight is 340 g/mol. The molecule has 1 rings (SSSR count). The Balaban J connectivity index is 0.000000561. The molecule has 0 aliphatic heterocycles. The first-order chi connectivity index (χ1) is 11.4. The first kappa shape index (κ1) is 21.6. The topological polar surface area (TPSA) is 99.1 Å². The SMILES string of the molecule is CCOC(=O)C(C)O.CCOC(=O)c1ccccc1C(=O)OCC. The van der Waals surface area contributed by atoms with Crippen molar-refractivity contribution in [1.82, 2.24) is 0 Å². The van der Waals surface area contributed by atoms with Gasteiger partial charge in [0, 0.05) is 0 Å². The van der Waals surface area contributed by atoms with Crippen LogP contribution >= 0.6 is 0 Å². The Morgan fingerprint density at radius 1 is 0.875 bits per heavy atom. The number of esters is 3. The smallest absolute Gasteiger partial charge is 0.338 e. The maximum absolute atomic E-state index is 11.5. The highest BCUT2D eigenvalue weighted by Gasteiger charge is 2.17. The van der Waals surface area contributed by atoms with Crippen LogP contribution in [0.2, 0.25) is 0 Å². The molecular formula is C17H24O7. The van der Waals surface area contributed by atoms with Gasteiger partial charge in [0.1, 0.15) is 6.10 Å². The Hall–Kier alpha value is -2.41. The molecule has 0 saturated heterocycles. The van der Waals surface area contributed by atoms with Crippen LogP contribution in [0.15, 0.2) is 24.3 Å². The minimum Gasteiger partial charge on any atom is -0.464 e. The van der Waals surface area contributed by atoms with Crippen molar-refractivity contribution in [2.75, 3.05) is 19.8 Å². The minimum atomic E-state index is -0.991. The van der Waals surface area contributed by atoms with E-state index in [2.05, 4.69) is 4.74 Å². The van der Waals surface area contributed by atoms with E-state index < -0.39 is 24.0 Å². The number of benzene rings is 1. The molecule has 0 aliphatic rings. The number of hydrogen-bond donors (Lipinski definition) is 1. The summed E-state index contributed by atoms with van der Waals surface area (Å²) in [6, 6.07) is 6.44. The average Bonchev–Trinajstić information content (AvgIpc) is 2.56. The summed E-state index contributed by atoms with van der Waals surface area (Å²) in [7, 11) is 0. The lowest BCUT2D eigenvalue weighted by atomic mass is 10.1. The highest BCUT2D eigenvalue weighted by Crippen LogP contribution is 2.11. The molecule has 0 spiro atoms. The van der Waals surface area contributed by atoms with Crippen LogP contribution in [0.1, 0.15) is 48.4 Å². The lowest BCUT2D eigenvalue weighted by molar-refractivity contribution is -0.151. The maximum atomic E-state index is 11.5. The van der Waals surface area contributed by atoms with Crippen molar-refractivity contribution < 1.29 is 33.7 Å². The van der Waals surface area contributed by atoms with Gasteiger partial charge in [0.05, 0.1) is 30.9 Å². The zero-order valence-electron chi connectivity index (χ0n) is 14.4. The van der Waals surface area contributed by atoms with Gasteiger partial charge in [0.2, 0.25) is 0 Å². The summed E-state index contributed by atoms with van der Waals surface area (Å²) in [4.78, 5) is 33.4. The largest absolute Gasteiger partial charge is 0.464 e. The fourth-order valence-corrected chi connectivity index (χ4v) is 1.52. The Bertz CT molecular complexity index is 500. The van der Waals surface area contributed by atoms with Crippen LogP contribution in [0.5, 0.6) is 0 Å². The third-order valence-electron chi connectivity index (χ3n) is 2.55. The predicted molar refractivity (Wildman–Crippen MR) is 86.7 cm³/mol. The van der Waals surface area contributed by atoms with Gasteiger partial charge in [0.15, 0.2) is 0 Å². The van der Waals surface area contributed by atoms with Crippen molar-refractivity contribution in [1.29, 1.82) is 0 Å². The third-order valence-corrected chi connectivity index (χ3v) is 2.55. The molecule has 0 aliphatic carbocycles. The van der Waals surface area contributed by atoms with Gasteiger partial charge < -0.3 is 19.3 Å². The monoisotopic (exact) mass is 340 g/mol. The molecule has 0 heterocycles. The van der Waals surface area contributed by atoms with Crippen molar-refractivity contribution in [3.63, 3.8) is 0 Å². The zero-order chi connectivity index (χ0) is 18.5. The lowest BCUT2D eigenvalue weighted by Crippen LogP contribution is -2.18. The molecule has 0 fully saturated rings. The van der Waals surface area contributed by atoms with E-state index in [1.54, 1.807) is 45.0 Å². The predicted octanol–water partition coefficient (Wildman–Crippen LogP) is 1.97. The molecule has 0 aromatic heterocycles. The van der Waals surface area contributed by atoms with Crippen LogP contribution in [0.3, 0.4) is 0 Å². The van der Waals surface area contributed by atoms with Crippen molar-refractivity contribution >= 4 is 17.9 Å². The number of carbonyl (C=O) groups is 3. The molecule has 24 heavy (non-hydrogen) atoms. The molecule has 7 nitrogen and oxygen atoms in total. The summed E-state index contributed by atoms with van der Waals surface area (Å²) in [6.45, 7) is 7.36. The van der Waals surface area contributed by atoms with E-state index in [9.17, 15) is 14.4 Å². The molecule has 7 heteroatoms. The quantitative estimate of drug-likeness (QED) is 0.624. The highest BCUT2D eigenvalue weighted by molar-refractivity contribution is 6.03. The van der Waals surface area contributed by atoms with Gasteiger partial charge in [0.25, 0.3) is 0 Å². The van der Waals surface area contributed by atoms with E-state index >= 15 is 0 Å². The van der Waals surface area contributed by atoms with E-state index in [0.717, 1.165) is 0 Å². The summed E-state index contributed by atoms with van der Waals surface area (Å²) in [5.74, 6) is -1.58. The number of aliphatic hydroxyl groups excluding tert-OH is 1. The first-order valence-electron chi connectivity index (χ1n) is 7.66. The van der Waals surface area contributed by atoms with Crippen molar-refractivity contribution in [3.05, 3.63) is 35.4 Å². The van der Waals surface area contributed by atoms with E-state index in [0.29, 0.717) is 6.61 Å². The van der Waals surface area contributed by atoms with Gasteiger partial charge in [-0.05, 0) is 39.8 Å². The molecule has 1 aromatic carbocycles. The van der Waals surface area contributed by atoms with E-state index in [1.165, 1.54) is 6.92 Å². The van der Waals surface area contributed by atoms with Gasteiger partial charge in [-0.15, -0.1) is 0 Å². The molecule has 1 aromatic rings. The molecule has 1 unspecified atom stereocenters. The second-order valence-electron chi connectivity index (χ2n) is 4.41. The van der Waals surface area contributed by atoms with E-state index in [4.69, 9.17) is 14.6 Å². The Morgan fingerprint density at radius 3 is 1.50 bits per heavy atom. The lowest BCUT2D eigenvalue weighted by Gasteiger charge is -2.07. The summed E-state index contributed by atoms with van der Waals surface area (Å²) in [6.07, 6.45) is -0.991. The van der Waals surface area contributed by atoms with Crippen LogP contribution in [0.25, 0.3) is 0 Å². The number of aliphatic hydroxyl groups is 1. The molecule has 0 amide bonds. The molecular weight excluding hydrogens is 316 g/mol. The fourth-order valence-electron chi connectivity index (χ4n) is 1.52. The molecule has 0 radical (unpaired) electrons. The van der Waals surface area contributed by atoms with Crippen molar-refractivity contribution in [2.45, 2.75) is 33.8 Å². The number of ether oxygens (including phenoxy) is 3. The third kappa shape index (κ3) is 7.73. The van der Waals surface area contributed by atoms with E-state index in [-0.39, 0.29) is 24.3 Å². The maximum Gasteiger partial charge on any atom is 0.338 e. The first-order valence-corrected chi connectivity index (χ1v) is 7.66. The standard InChI is InChI=1S/C12H14O4.C5H10O3/c1-3-15-11(13)9-7-5-6-8-10(9)12(14)16-4-2;1-3-8-5(7)4(2)6/h5-8H,3-4H2,1-2H3;4,6H,3H2,1-2H3. The van der Waals surface area contributed by atoms with Crippen molar-refractivity contribution in [3.8, 4) is 0 Å². The van der Waals surface area contributed by atoms with E-state index in [1.807, 2.05) is 0 Å². The van der Waals surface area contributed by atoms with Gasteiger partial charge in [-0.3, -0.25) is 0 Å². The summed E-state index contributed by atoms with van der Waals surface area (Å²) in [5, 5.41) is 8.48. The fraction of sp³-hybridized carbons (Fsp3) is 0.471. The zero-order valence-corrected chi connectivity index (χ0v) is 14.4. The normalized spacial score (nSPS) is 10.7. The van der Waals surface area contributed by atoms with Gasteiger partial charge in [-0.2, -0.15) is 0 Å². The molecule has 1 N–H and O–H groups in total. The molecule has 0 saturated carbocycles.